The lowest BCUT2D eigenvalue weighted by Gasteiger charge is -2.32. The average molecular weight is 443 g/mol. The molecule has 1 saturated heterocycles. The molecule has 4 heterocycles. The molecule has 2 aliphatic heterocycles. The van der Waals surface area contributed by atoms with Gasteiger partial charge in [-0.25, -0.2) is 0 Å². The summed E-state index contributed by atoms with van der Waals surface area (Å²) in [5, 5.41) is 2.38. The maximum atomic E-state index is 6.56. The maximum Gasteiger partial charge on any atom is 0.160 e. The van der Waals surface area contributed by atoms with Gasteiger partial charge in [-0.2, -0.15) is 0 Å². The van der Waals surface area contributed by atoms with Gasteiger partial charge in [0.25, 0.3) is 0 Å². The number of halogens is 2. The van der Waals surface area contributed by atoms with Crippen molar-refractivity contribution in [2.75, 3.05) is 5.75 Å². The van der Waals surface area contributed by atoms with Gasteiger partial charge in [-0.15, -0.1) is 0 Å². The van der Waals surface area contributed by atoms with Crippen molar-refractivity contribution in [1.82, 2.24) is 14.5 Å². The molecule has 148 valence electrons. The van der Waals surface area contributed by atoms with Crippen LogP contribution in [0.25, 0.3) is 5.69 Å². The molecule has 29 heavy (non-hydrogen) atoms. The summed E-state index contributed by atoms with van der Waals surface area (Å²) in [6.07, 6.45) is 4.98. The fraction of sp³-hybridized carbons (Fsp3) is 0.273. The van der Waals surface area contributed by atoms with Crippen molar-refractivity contribution in [3.63, 3.8) is 0 Å². The van der Waals surface area contributed by atoms with Crippen LogP contribution in [0.2, 0.25) is 10.0 Å². The van der Waals surface area contributed by atoms with E-state index in [9.17, 15) is 0 Å². The van der Waals surface area contributed by atoms with Gasteiger partial charge in [-0.05, 0) is 48.9 Å². The smallest absolute Gasteiger partial charge is 0.160 e. The number of rotatable bonds is 4. The number of nitrogens with zero attached hydrogens (tertiary/aromatic N) is 4. The lowest BCUT2D eigenvalue weighted by atomic mass is 9.99. The predicted octanol–water partition coefficient (Wildman–Crippen LogP) is 6.16. The molecule has 4 nitrogen and oxygen atoms in total. The number of aliphatic imine (C=N–C) groups is 1. The number of hydrogen-bond donors (Lipinski definition) is 0. The number of pyridine rings is 1. The SMILES string of the molecule is CCC1CSC2=NC(c3ccccn3)C(c3cccn3-c3ccc(Cl)cc3Cl)N21. The van der Waals surface area contributed by atoms with E-state index in [1.807, 2.05) is 42.2 Å². The normalized spacial score (nSPS) is 23.3. The van der Waals surface area contributed by atoms with Crippen LogP contribution in [-0.4, -0.2) is 31.4 Å². The van der Waals surface area contributed by atoms with E-state index in [1.54, 1.807) is 6.07 Å². The Morgan fingerprint density at radius 3 is 2.79 bits per heavy atom. The molecule has 1 aromatic carbocycles. The third-order valence-electron chi connectivity index (χ3n) is 5.58. The highest BCUT2D eigenvalue weighted by Crippen LogP contribution is 2.49. The lowest BCUT2D eigenvalue weighted by Crippen LogP contribution is -2.36. The van der Waals surface area contributed by atoms with Crippen molar-refractivity contribution in [3.05, 3.63) is 82.4 Å². The lowest BCUT2D eigenvalue weighted by molar-refractivity contribution is 0.249. The minimum Gasteiger partial charge on any atom is -0.337 e. The van der Waals surface area contributed by atoms with E-state index in [0.29, 0.717) is 16.1 Å². The first kappa shape index (κ1) is 19.0. The molecular formula is C22H20Cl2N4S. The van der Waals surface area contributed by atoms with Gasteiger partial charge in [-0.3, -0.25) is 9.98 Å². The van der Waals surface area contributed by atoms with Crippen molar-refractivity contribution >= 4 is 40.1 Å². The summed E-state index contributed by atoms with van der Waals surface area (Å²) in [4.78, 5) is 12.2. The molecule has 7 heteroatoms. The average Bonchev–Trinajstić information content (AvgIpc) is 3.43. The molecule has 3 aromatic rings. The summed E-state index contributed by atoms with van der Waals surface area (Å²) in [5.74, 6) is 1.07. The van der Waals surface area contributed by atoms with Gasteiger partial charge >= 0.3 is 0 Å². The monoisotopic (exact) mass is 442 g/mol. The van der Waals surface area contributed by atoms with Gasteiger partial charge in [-0.1, -0.05) is 48.0 Å². The minimum absolute atomic E-state index is 0.0484. The van der Waals surface area contributed by atoms with E-state index in [4.69, 9.17) is 28.2 Å². The summed E-state index contributed by atoms with van der Waals surface area (Å²) >= 11 is 14.5. The second-order valence-electron chi connectivity index (χ2n) is 7.24. The molecule has 2 aromatic heterocycles. The third-order valence-corrected chi connectivity index (χ3v) is 7.25. The van der Waals surface area contributed by atoms with Crippen molar-refractivity contribution in [1.29, 1.82) is 0 Å². The van der Waals surface area contributed by atoms with E-state index in [1.165, 1.54) is 0 Å². The van der Waals surface area contributed by atoms with Crippen LogP contribution in [0.5, 0.6) is 0 Å². The summed E-state index contributed by atoms with van der Waals surface area (Å²) in [6, 6.07) is 16.4. The molecule has 3 atom stereocenters. The first-order chi connectivity index (χ1) is 14.2. The zero-order valence-corrected chi connectivity index (χ0v) is 18.2. The van der Waals surface area contributed by atoms with E-state index in [-0.39, 0.29) is 12.1 Å². The van der Waals surface area contributed by atoms with E-state index < -0.39 is 0 Å². The standard InChI is InChI=1S/C22H20Cl2N4S/c1-2-15-13-29-22-26-20(17-6-3-4-10-25-17)21(28(15)22)19-7-5-11-27(19)18-9-8-14(23)12-16(18)24/h3-12,15,20-21H,2,13H2,1H3. The van der Waals surface area contributed by atoms with Crippen LogP contribution < -0.4 is 0 Å². The largest absolute Gasteiger partial charge is 0.337 e. The predicted molar refractivity (Wildman–Crippen MR) is 121 cm³/mol. The second-order valence-corrected chi connectivity index (χ2v) is 9.07. The van der Waals surface area contributed by atoms with Crippen molar-refractivity contribution in [2.24, 2.45) is 4.99 Å². The minimum atomic E-state index is -0.0484. The van der Waals surface area contributed by atoms with Crippen molar-refractivity contribution < 1.29 is 0 Å². The highest BCUT2D eigenvalue weighted by atomic mass is 35.5. The molecule has 2 aliphatic rings. The number of thioether (sulfide) groups is 1. The quantitative estimate of drug-likeness (QED) is 0.484. The summed E-state index contributed by atoms with van der Waals surface area (Å²) in [7, 11) is 0. The molecule has 3 unspecified atom stereocenters. The Bertz CT molecular complexity index is 1070. The fourth-order valence-electron chi connectivity index (χ4n) is 4.20. The molecule has 0 amide bonds. The highest BCUT2D eigenvalue weighted by Gasteiger charge is 2.46. The van der Waals surface area contributed by atoms with E-state index in [0.717, 1.165) is 34.4 Å². The van der Waals surface area contributed by atoms with Crippen LogP contribution in [0.1, 0.15) is 36.8 Å². The zero-order valence-electron chi connectivity index (χ0n) is 15.9. The number of fused-ring (bicyclic) bond motifs is 1. The van der Waals surface area contributed by atoms with Crippen LogP contribution in [0.15, 0.2) is 65.9 Å². The van der Waals surface area contributed by atoms with E-state index >= 15 is 0 Å². The Morgan fingerprint density at radius 2 is 2.03 bits per heavy atom. The summed E-state index contributed by atoms with van der Waals surface area (Å²) < 4.78 is 2.16. The van der Waals surface area contributed by atoms with Gasteiger partial charge in [0.15, 0.2) is 5.17 Å². The van der Waals surface area contributed by atoms with Crippen LogP contribution in [0.3, 0.4) is 0 Å². The fourth-order valence-corrected chi connectivity index (χ4v) is 6.04. The Labute approximate surface area is 184 Å². The van der Waals surface area contributed by atoms with Crippen LogP contribution in [0, 0.1) is 0 Å². The molecule has 0 N–H and O–H groups in total. The molecular weight excluding hydrogens is 423 g/mol. The molecule has 0 aliphatic carbocycles. The van der Waals surface area contributed by atoms with Crippen molar-refractivity contribution in [3.8, 4) is 5.69 Å². The molecule has 0 saturated carbocycles. The van der Waals surface area contributed by atoms with Crippen LogP contribution in [-0.2, 0) is 0 Å². The molecule has 1 fully saturated rings. The Balaban J connectivity index is 1.64. The number of hydrogen-bond acceptors (Lipinski definition) is 4. The highest BCUT2D eigenvalue weighted by molar-refractivity contribution is 8.14. The maximum absolute atomic E-state index is 6.56. The third kappa shape index (κ3) is 3.25. The van der Waals surface area contributed by atoms with Gasteiger partial charge in [0.1, 0.15) is 12.1 Å². The second kappa shape index (κ2) is 7.71. The molecule has 0 bridgehead atoms. The van der Waals surface area contributed by atoms with Gasteiger partial charge in [0.2, 0.25) is 0 Å². The van der Waals surface area contributed by atoms with Gasteiger partial charge in [0.05, 0.1) is 16.4 Å². The van der Waals surface area contributed by atoms with Crippen LogP contribution >= 0.6 is 35.0 Å². The topological polar surface area (TPSA) is 33.4 Å². The molecule has 5 rings (SSSR count). The number of aromatic nitrogens is 2. The summed E-state index contributed by atoms with van der Waals surface area (Å²) in [5.41, 5.74) is 3.07. The van der Waals surface area contributed by atoms with Crippen LogP contribution in [0.4, 0.5) is 0 Å². The van der Waals surface area contributed by atoms with E-state index in [2.05, 4.69) is 45.8 Å². The zero-order chi connectivity index (χ0) is 20.0. The Hall–Kier alpha value is -1.95. The number of amidine groups is 1. The van der Waals surface area contributed by atoms with Crippen molar-refractivity contribution in [2.45, 2.75) is 31.5 Å². The molecule has 0 spiro atoms. The first-order valence-corrected chi connectivity index (χ1v) is 11.4. The Kier molecular flexibility index (Phi) is 5.06. The number of benzene rings is 1. The Morgan fingerprint density at radius 1 is 1.14 bits per heavy atom. The molecule has 0 radical (unpaired) electrons. The van der Waals surface area contributed by atoms with Gasteiger partial charge < -0.3 is 9.47 Å². The summed E-state index contributed by atoms with van der Waals surface area (Å²) in [6.45, 7) is 2.24. The first-order valence-electron chi connectivity index (χ1n) is 9.70. The van der Waals surface area contributed by atoms with Gasteiger partial charge in [0, 0.05) is 34.9 Å².